The third kappa shape index (κ3) is 3.95. The summed E-state index contributed by atoms with van der Waals surface area (Å²) in [4.78, 5) is -0.0966. The molecule has 23 heavy (non-hydrogen) atoms. The summed E-state index contributed by atoms with van der Waals surface area (Å²) in [6.45, 7) is 0. The molecule has 0 radical (unpaired) electrons. The van der Waals surface area contributed by atoms with Crippen molar-refractivity contribution in [2.45, 2.75) is 17.0 Å². The van der Waals surface area contributed by atoms with Gasteiger partial charge in [-0.25, -0.2) is 16.8 Å². The maximum Gasteiger partial charge on any atom is 0.258 e. The lowest BCUT2D eigenvalue weighted by Crippen LogP contribution is -2.57. The van der Waals surface area contributed by atoms with Crippen molar-refractivity contribution in [2.24, 2.45) is 5.84 Å². The smallest absolute Gasteiger partial charge is 0.258 e. The zero-order chi connectivity index (χ0) is 17.6. The molecule has 2 rings (SSSR count). The van der Waals surface area contributed by atoms with Gasteiger partial charge in [-0.2, -0.15) is 5.12 Å². The van der Waals surface area contributed by atoms with E-state index in [9.17, 15) is 21.9 Å². The Kier molecular flexibility index (Phi) is 5.58. The van der Waals surface area contributed by atoms with Gasteiger partial charge in [0.25, 0.3) is 10.0 Å². The molecule has 0 aliphatic carbocycles. The Labute approximate surface area is 151 Å². The topological polar surface area (TPSA) is 121 Å². The van der Waals surface area contributed by atoms with Crippen molar-refractivity contribution < 1.29 is 21.9 Å². The van der Waals surface area contributed by atoms with Crippen molar-refractivity contribution in [3.8, 4) is 0 Å². The Morgan fingerprint density at radius 2 is 1.91 bits per heavy atom. The standard InChI is InChI=1S/C11H15Br2N3O5S2/c1-15(14)16(9-5-22(18,19)6-10(9)17)23(20,21)11-4-7(12)2-3-8(11)13/h2-4,9-10,17H,5-6,14H2,1H3/t9-,10+/m0/s1. The van der Waals surface area contributed by atoms with Crippen LogP contribution in [-0.2, 0) is 19.9 Å². The molecule has 1 aromatic rings. The van der Waals surface area contributed by atoms with Crippen molar-refractivity contribution in [3.63, 3.8) is 0 Å². The van der Waals surface area contributed by atoms with Crippen molar-refractivity contribution in [2.75, 3.05) is 18.6 Å². The van der Waals surface area contributed by atoms with E-state index in [4.69, 9.17) is 5.84 Å². The number of aliphatic hydroxyl groups is 1. The van der Waals surface area contributed by atoms with Crippen LogP contribution in [-0.4, -0.2) is 62.2 Å². The van der Waals surface area contributed by atoms with Gasteiger partial charge in [0.2, 0.25) is 0 Å². The molecule has 0 aromatic heterocycles. The highest BCUT2D eigenvalue weighted by Gasteiger charge is 2.46. The number of halogens is 2. The van der Waals surface area contributed by atoms with Crippen molar-refractivity contribution in [1.29, 1.82) is 0 Å². The molecule has 0 bridgehead atoms. The van der Waals surface area contributed by atoms with Crippen LogP contribution >= 0.6 is 31.9 Å². The van der Waals surface area contributed by atoms with Crippen molar-refractivity contribution in [3.05, 3.63) is 27.1 Å². The average Bonchev–Trinajstić information content (AvgIpc) is 2.65. The first-order valence-electron chi connectivity index (χ1n) is 6.32. The molecule has 0 unspecified atom stereocenters. The van der Waals surface area contributed by atoms with Crippen molar-refractivity contribution in [1.82, 2.24) is 9.53 Å². The number of hydrogen-bond donors (Lipinski definition) is 2. The lowest BCUT2D eigenvalue weighted by atomic mass is 10.2. The molecule has 0 spiro atoms. The van der Waals surface area contributed by atoms with Gasteiger partial charge in [0.05, 0.1) is 28.5 Å². The van der Waals surface area contributed by atoms with Gasteiger partial charge in [-0.3, -0.25) is 5.84 Å². The predicted molar refractivity (Wildman–Crippen MR) is 91.3 cm³/mol. The number of hydrazine groups is 2. The molecule has 0 amide bonds. The van der Waals surface area contributed by atoms with Gasteiger partial charge in [0.1, 0.15) is 0 Å². The number of aliphatic hydroxyl groups excluding tert-OH is 1. The van der Waals surface area contributed by atoms with Crippen molar-refractivity contribution >= 4 is 51.7 Å². The maximum atomic E-state index is 12.9. The van der Waals surface area contributed by atoms with Gasteiger partial charge in [-0.1, -0.05) is 15.9 Å². The number of hydrogen-bond acceptors (Lipinski definition) is 7. The Morgan fingerprint density at radius 3 is 2.39 bits per heavy atom. The largest absolute Gasteiger partial charge is 0.390 e. The fourth-order valence-electron chi connectivity index (χ4n) is 2.38. The summed E-state index contributed by atoms with van der Waals surface area (Å²) in [6.07, 6.45) is -1.35. The van der Waals surface area contributed by atoms with Gasteiger partial charge < -0.3 is 5.11 Å². The van der Waals surface area contributed by atoms with Gasteiger partial charge in [-0.15, -0.1) is 4.41 Å². The third-order valence-corrected chi connectivity index (χ3v) is 8.37. The highest BCUT2D eigenvalue weighted by Crippen LogP contribution is 2.31. The minimum Gasteiger partial charge on any atom is -0.390 e. The predicted octanol–water partition coefficient (Wildman–Crippen LogP) is 0.0807. The molecule has 1 aliphatic heterocycles. The van der Waals surface area contributed by atoms with Crippen LogP contribution in [0.5, 0.6) is 0 Å². The van der Waals surface area contributed by atoms with Gasteiger partial charge >= 0.3 is 0 Å². The lowest BCUT2D eigenvalue weighted by Gasteiger charge is -2.33. The highest BCUT2D eigenvalue weighted by molar-refractivity contribution is 9.11. The monoisotopic (exact) mass is 491 g/mol. The highest BCUT2D eigenvalue weighted by atomic mass is 79.9. The van der Waals surface area contributed by atoms with Gasteiger partial charge in [-0.05, 0) is 34.1 Å². The van der Waals surface area contributed by atoms with Crippen LogP contribution in [0.4, 0.5) is 0 Å². The zero-order valence-electron chi connectivity index (χ0n) is 11.9. The third-order valence-electron chi connectivity index (χ3n) is 3.31. The summed E-state index contributed by atoms with van der Waals surface area (Å²) >= 11 is 6.36. The number of nitrogens with two attached hydrogens (primary N) is 1. The first-order chi connectivity index (χ1) is 10.5. The Balaban J connectivity index is 2.55. The fraction of sp³-hybridized carbons (Fsp3) is 0.455. The van der Waals surface area contributed by atoms with Crippen LogP contribution in [0.3, 0.4) is 0 Å². The fourth-order valence-corrected chi connectivity index (χ4v) is 7.31. The molecule has 1 aliphatic rings. The summed E-state index contributed by atoms with van der Waals surface area (Å²) in [5, 5.41) is 10.8. The minimum absolute atomic E-state index is 0.0966. The zero-order valence-corrected chi connectivity index (χ0v) is 16.7. The number of nitrogens with zero attached hydrogens (tertiary/aromatic N) is 2. The van der Waals surface area contributed by atoms with E-state index in [1.165, 1.54) is 19.2 Å². The second kappa shape index (κ2) is 6.67. The van der Waals surface area contributed by atoms with E-state index in [1.54, 1.807) is 6.07 Å². The molecule has 1 aromatic carbocycles. The second-order valence-corrected chi connectivity index (χ2v) is 10.8. The summed E-state index contributed by atoms with van der Waals surface area (Å²) in [6, 6.07) is 3.36. The lowest BCUT2D eigenvalue weighted by molar-refractivity contribution is 0.00835. The molecule has 0 saturated carbocycles. The number of sulfone groups is 1. The molecule has 1 saturated heterocycles. The number of rotatable bonds is 4. The SMILES string of the molecule is CN(N)N([C@H]1CS(=O)(=O)C[C@H]1O)S(=O)(=O)c1cc(Br)ccc1Br. The number of sulfonamides is 1. The second-order valence-electron chi connectivity index (χ2n) is 5.14. The molecule has 130 valence electrons. The molecule has 8 nitrogen and oxygen atoms in total. The summed E-state index contributed by atoms with van der Waals surface area (Å²) in [5.41, 5.74) is 0. The molecule has 3 N–H and O–H groups in total. The van der Waals surface area contributed by atoms with E-state index in [0.29, 0.717) is 13.4 Å². The number of benzene rings is 1. The van der Waals surface area contributed by atoms with Gasteiger partial charge in [0, 0.05) is 16.0 Å². The van der Waals surface area contributed by atoms with E-state index in [-0.39, 0.29) is 4.90 Å². The first-order valence-corrected chi connectivity index (χ1v) is 11.2. The van der Waals surface area contributed by atoms with Crippen LogP contribution in [0.1, 0.15) is 0 Å². The Morgan fingerprint density at radius 1 is 1.30 bits per heavy atom. The van der Waals surface area contributed by atoms with Crippen LogP contribution in [0.25, 0.3) is 0 Å². The molecular weight excluding hydrogens is 478 g/mol. The van der Waals surface area contributed by atoms with E-state index < -0.39 is 43.5 Å². The summed E-state index contributed by atoms with van der Waals surface area (Å²) < 4.78 is 50.8. The molecule has 12 heteroatoms. The summed E-state index contributed by atoms with van der Waals surface area (Å²) in [5.74, 6) is 4.62. The van der Waals surface area contributed by atoms with Crippen LogP contribution in [0.15, 0.2) is 32.0 Å². The van der Waals surface area contributed by atoms with E-state index in [2.05, 4.69) is 31.9 Å². The van der Waals surface area contributed by atoms with Crippen LogP contribution in [0, 0.1) is 0 Å². The maximum absolute atomic E-state index is 12.9. The van der Waals surface area contributed by atoms with Gasteiger partial charge in [0.15, 0.2) is 9.84 Å². The Bertz CT molecular complexity index is 813. The van der Waals surface area contributed by atoms with Crippen LogP contribution < -0.4 is 5.84 Å². The first kappa shape index (κ1) is 19.2. The average molecular weight is 493 g/mol. The minimum atomic E-state index is -4.19. The van der Waals surface area contributed by atoms with E-state index in [1.807, 2.05) is 0 Å². The summed E-state index contributed by atoms with van der Waals surface area (Å²) in [7, 11) is -6.47. The van der Waals surface area contributed by atoms with E-state index >= 15 is 0 Å². The van der Waals surface area contributed by atoms with Crippen LogP contribution in [0.2, 0.25) is 0 Å². The molecule has 2 atom stereocenters. The molecule has 1 fully saturated rings. The quantitative estimate of drug-likeness (QED) is 0.451. The Hall–Kier alpha value is -0.0800. The normalized spacial score (nSPS) is 24.5. The molecular formula is C11H15Br2N3O5S2. The molecule has 1 heterocycles. The van der Waals surface area contributed by atoms with E-state index in [0.717, 1.165) is 5.12 Å².